The average molecular weight is 290 g/mol. The number of anilines is 2. The molecule has 2 aliphatic heterocycles. The maximum atomic E-state index is 12.3. The topological polar surface area (TPSA) is 66.5 Å². The van der Waals surface area contributed by atoms with Gasteiger partial charge in [-0.05, 0) is 32.0 Å². The molecule has 0 spiro atoms. The van der Waals surface area contributed by atoms with Gasteiger partial charge in [-0.25, -0.2) is 4.98 Å². The molecule has 0 aliphatic carbocycles. The first-order valence-electron chi connectivity index (χ1n) is 7.48. The first kappa shape index (κ1) is 14.3. The fraction of sp³-hybridized carbons (Fsp3) is 0.600. The summed E-state index contributed by atoms with van der Waals surface area (Å²) in [5.74, 6) is 0.999. The van der Waals surface area contributed by atoms with Crippen molar-refractivity contribution >= 4 is 17.4 Å². The normalized spacial score (nSPS) is 25.9. The van der Waals surface area contributed by atoms with E-state index in [1.807, 2.05) is 19.1 Å². The molecular formula is C15H22N4O2. The van der Waals surface area contributed by atoms with E-state index >= 15 is 0 Å². The highest BCUT2D eigenvalue weighted by molar-refractivity contribution is 5.95. The lowest BCUT2D eigenvalue weighted by Crippen LogP contribution is -2.37. The van der Waals surface area contributed by atoms with E-state index in [0.29, 0.717) is 0 Å². The molecule has 3 heterocycles. The summed E-state index contributed by atoms with van der Waals surface area (Å²) in [7, 11) is 0. The van der Waals surface area contributed by atoms with E-state index in [1.54, 1.807) is 6.20 Å². The van der Waals surface area contributed by atoms with E-state index in [4.69, 9.17) is 4.74 Å². The summed E-state index contributed by atoms with van der Waals surface area (Å²) in [6.07, 6.45) is 2.60. The molecule has 2 saturated heterocycles. The summed E-state index contributed by atoms with van der Waals surface area (Å²) >= 11 is 0. The molecule has 0 saturated carbocycles. The van der Waals surface area contributed by atoms with Gasteiger partial charge in [-0.2, -0.15) is 0 Å². The van der Waals surface area contributed by atoms with E-state index in [-0.39, 0.29) is 11.3 Å². The van der Waals surface area contributed by atoms with Gasteiger partial charge in [0.1, 0.15) is 5.82 Å². The molecular weight excluding hydrogens is 268 g/mol. The minimum Gasteiger partial charge on any atom is -0.378 e. The summed E-state index contributed by atoms with van der Waals surface area (Å²) in [6.45, 7) is 6.84. The molecule has 2 N–H and O–H groups in total. The molecule has 21 heavy (non-hydrogen) atoms. The monoisotopic (exact) mass is 290 g/mol. The molecule has 1 atom stereocenters. The number of nitrogens with one attached hydrogen (secondary N) is 2. The molecule has 6 nitrogen and oxygen atoms in total. The van der Waals surface area contributed by atoms with E-state index in [0.717, 1.165) is 57.3 Å². The first-order chi connectivity index (χ1) is 10.2. The maximum absolute atomic E-state index is 12.3. The number of hydrogen-bond acceptors (Lipinski definition) is 5. The molecule has 1 amide bonds. The van der Waals surface area contributed by atoms with Crippen molar-refractivity contribution in [2.75, 3.05) is 49.6 Å². The van der Waals surface area contributed by atoms with Crippen LogP contribution in [0.5, 0.6) is 0 Å². The summed E-state index contributed by atoms with van der Waals surface area (Å²) in [5, 5.41) is 6.21. The Morgan fingerprint density at radius 2 is 2.24 bits per heavy atom. The van der Waals surface area contributed by atoms with Crippen LogP contribution >= 0.6 is 0 Å². The van der Waals surface area contributed by atoms with Crippen LogP contribution in [0.4, 0.5) is 11.5 Å². The van der Waals surface area contributed by atoms with Crippen molar-refractivity contribution in [1.82, 2.24) is 10.3 Å². The molecule has 0 bridgehead atoms. The fourth-order valence-electron chi connectivity index (χ4n) is 2.73. The summed E-state index contributed by atoms with van der Waals surface area (Å²) < 4.78 is 5.33. The van der Waals surface area contributed by atoms with Crippen LogP contribution in [0, 0.1) is 5.41 Å². The van der Waals surface area contributed by atoms with Crippen LogP contribution in [-0.2, 0) is 9.53 Å². The number of pyridine rings is 1. The van der Waals surface area contributed by atoms with Crippen molar-refractivity contribution in [3.63, 3.8) is 0 Å². The van der Waals surface area contributed by atoms with Crippen LogP contribution in [-0.4, -0.2) is 50.3 Å². The quantitative estimate of drug-likeness (QED) is 0.864. The third-order valence-electron chi connectivity index (χ3n) is 4.26. The lowest BCUT2D eigenvalue weighted by Gasteiger charge is -2.28. The molecule has 1 unspecified atom stereocenters. The molecule has 114 valence electrons. The van der Waals surface area contributed by atoms with E-state index < -0.39 is 0 Å². The summed E-state index contributed by atoms with van der Waals surface area (Å²) in [5.41, 5.74) is 0.438. The van der Waals surface area contributed by atoms with Crippen LogP contribution < -0.4 is 15.5 Å². The van der Waals surface area contributed by atoms with Gasteiger partial charge in [-0.15, -0.1) is 0 Å². The minimum atomic E-state index is -0.317. The molecule has 1 aromatic heterocycles. The number of nitrogens with zero attached hydrogens (tertiary/aromatic N) is 2. The Morgan fingerprint density at radius 1 is 1.43 bits per heavy atom. The Balaban J connectivity index is 1.62. The number of amides is 1. The van der Waals surface area contributed by atoms with E-state index in [9.17, 15) is 4.79 Å². The SMILES string of the molecule is CC1(C(=O)Nc2ccc(N3CCOCC3)nc2)CCNC1. The molecule has 2 aliphatic rings. The molecule has 1 aromatic rings. The molecule has 0 radical (unpaired) electrons. The van der Waals surface area contributed by atoms with Crippen molar-refractivity contribution in [3.05, 3.63) is 18.3 Å². The second-order valence-corrected chi connectivity index (χ2v) is 5.95. The number of aromatic nitrogens is 1. The Hall–Kier alpha value is -1.66. The second-order valence-electron chi connectivity index (χ2n) is 5.95. The first-order valence-corrected chi connectivity index (χ1v) is 7.48. The van der Waals surface area contributed by atoms with Gasteiger partial charge in [0.15, 0.2) is 0 Å². The summed E-state index contributed by atoms with van der Waals surface area (Å²) in [4.78, 5) is 19.0. The van der Waals surface area contributed by atoms with Crippen molar-refractivity contribution in [2.45, 2.75) is 13.3 Å². The highest BCUT2D eigenvalue weighted by Crippen LogP contribution is 2.26. The van der Waals surface area contributed by atoms with Crippen LogP contribution in [0.25, 0.3) is 0 Å². The maximum Gasteiger partial charge on any atom is 0.231 e. The van der Waals surface area contributed by atoms with Crippen LogP contribution in [0.1, 0.15) is 13.3 Å². The van der Waals surface area contributed by atoms with Gasteiger partial charge < -0.3 is 20.3 Å². The molecule has 0 aromatic carbocycles. The Morgan fingerprint density at radius 3 is 2.86 bits per heavy atom. The van der Waals surface area contributed by atoms with Gasteiger partial charge in [0, 0.05) is 19.6 Å². The zero-order valence-corrected chi connectivity index (χ0v) is 12.4. The molecule has 6 heteroatoms. The zero-order chi connectivity index (χ0) is 14.7. The number of morpholine rings is 1. The van der Waals surface area contributed by atoms with Gasteiger partial charge >= 0.3 is 0 Å². The predicted molar refractivity (Wildman–Crippen MR) is 81.5 cm³/mol. The van der Waals surface area contributed by atoms with Crippen LogP contribution in [0.15, 0.2) is 18.3 Å². The third-order valence-corrected chi connectivity index (χ3v) is 4.26. The van der Waals surface area contributed by atoms with Gasteiger partial charge in [-0.1, -0.05) is 0 Å². The fourth-order valence-corrected chi connectivity index (χ4v) is 2.73. The standard InChI is InChI=1S/C15H22N4O2/c1-15(4-5-16-11-15)14(20)18-12-2-3-13(17-10-12)19-6-8-21-9-7-19/h2-3,10,16H,4-9,11H2,1H3,(H,18,20). The Labute approximate surface area is 124 Å². The van der Waals surface area contributed by atoms with E-state index in [2.05, 4.69) is 20.5 Å². The largest absolute Gasteiger partial charge is 0.378 e. The van der Waals surface area contributed by atoms with Crippen LogP contribution in [0.3, 0.4) is 0 Å². The predicted octanol–water partition coefficient (Wildman–Crippen LogP) is 0.856. The number of carbonyl (C=O) groups is 1. The zero-order valence-electron chi connectivity index (χ0n) is 12.4. The van der Waals surface area contributed by atoms with Crippen molar-refractivity contribution in [1.29, 1.82) is 0 Å². The Kier molecular flexibility index (Phi) is 4.07. The smallest absolute Gasteiger partial charge is 0.231 e. The second kappa shape index (κ2) is 5.99. The van der Waals surface area contributed by atoms with E-state index in [1.165, 1.54) is 0 Å². The number of ether oxygens (including phenoxy) is 1. The highest BCUT2D eigenvalue weighted by Gasteiger charge is 2.36. The van der Waals surface area contributed by atoms with Crippen molar-refractivity contribution in [3.8, 4) is 0 Å². The third kappa shape index (κ3) is 3.16. The highest BCUT2D eigenvalue weighted by atomic mass is 16.5. The van der Waals surface area contributed by atoms with Crippen molar-refractivity contribution in [2.24, 2.45) is 5.41 Å². The summed E-state index contributed by atoms with van der Waals surface area (Å²) in [6, 6.07) is 3.87. The Bertz CT molecular complexity index is 491. The average Bonchev–Trinajstić information content (AvgIpc) is 2.97. The number of carbonyl (C=O) groups excluding carboxylic acids is 1. The van der Waals surface area contributed by atoms with Crippen LogP contribution in [0.2, 0.25) is 0 Å². The number of hydrogen-bond donors (Lipinski definition) is 2. The van der Waals surface area contributed by atoms with Gasteiger partial charge in [0.2, 0.25) is 5.91 Å². The van der Waals surface area contributed by atoms with Crippen molar-refractivity contribution < 1.29 is 9.53 Å². The molecule has 2 fully saturated rings. The van der Waals surface area contributed by atoms with Gasteiger partial charge in [0.25, 0.3) is 0 Å². The van der Waals surface area contributed by atoms with Gasteiger partial charge in [-0.3, -0.25) is 4.79 Å². The lowest BCUT2D eigenvalue weighted by molar-refractivity contribution is -0.123. The lowest BCUT2D eigenvalue weighted by atomic mass is 9.89. The number of rotatable bonds is 3. The molecule has 3 rings (SSSR count). The minimum absolute atomic E-state index is 0.0634. The van der Waals surface area contributed by atoms with Gasteiger partial charge in [0.05, 0.1) is 30.5 Å².